The summed E-state index contributed by atoms with van der Waals surface area (Å²) in [5.41, 5.74) is 1.36. The van der Waals surface area contributed by atoms with E-state index in [0.29, 0.717) is 28.1 Å². The summed E-state index contributed by atoms with van der Waals surface area (Å²) in [6.45, 7) is 3.10. The van der Waals surface area contributed by atoms with E-state index in [-0.39, 0.29) is 22.7 Å². The molecule has 0 fully saturated rings. The molecule has 2 aromatic heterocycles. The second-order valence-corrected chi connectivity index (χ2v) is 10.0. The minimum Gasteiger partial charge on any atom is -0.454 e. The van der Waals surface area contributed by atoms with E-state index in [0.717, 1.165) is 12.1 Å². The highest BCUT2D eigenvalue weighted by Crippen LogP contribution is 2.40. The topological polar surface area (TPSA) is 93.2 Å². The number of hydrogen-bond donors (Lipinski definition) is 2. The second-order valence-electron chi connectivity index (χ2n) is 7.81. The van der Waals surface area contributed by atoms with Crippen LogP contribution in [0.2, 0.25) is 0 Å². The second kappa shape index (κ2) is 8.36. The van der Waals surface area contributed by atoms with Crippen LogP contribution in [0, 0.1) is 11.6 Å². The van der Waals surface area contributed by atoms with Gasteiger partial charge in [-0.15, -0.1) is 0 Å². The molecule has 7 nitrogen and oxygen atoms in total. The van der Waals surface area contributed by atoms with Crippen LogP contribution in [-0.2, 0) is 17.1 Å². The first-order chi connectivity index (χ1) is 15.6. The van der Waals surface area contributed by atoms with E-state index in [4.69, 9.17) is 4.74 Å². The number of anilines is 1. The van der Waals surface area contributed by atoms with Gasteiger partial charge in [0.2, 0.25) is 10.0 Å². The molecule has 0 bridgehead atoms. The summed E-state index contributed by atoms with van der Waals surface area (Å²) in [5.74, 6) is -1.64. The van der Waals surface area contributed by atoms with E-state index in [9.17, 15) is 22.0 Å². The van der Waals surface area contributed by atoms with Crippen molar-refractivity contribution < 1.29 is 21.9 Å². The number of benzene rings is 2. The highest BCUT2D eigenvalue weighted by molar-refractivity contribution is 7.93. The minimum absolute atomic E-state index is 0.195. The number of aromatic nitrogens is 2. The molecule has 2 N–H and O–H groups in total. The molecule has 172 valence electrons. The molecule has 4 rings (SSSR count). The van der Waals surface area contributed by atoms with Gasteiger partial charge in [-0.3, -0.25) is 9.52 Å². The molecule has 0 aliphatic rings. The molecule has 0 aliphatic carbocycles. The zero-order valence-electron chi connectivity index (χ0n) is 18.0. The molecule has 0 amide bonds. The van der Waals surface area contributed by atoms with Crippen molar-refractivity contribution in [2.45, 2.75) is 19.1 Å². The summed E-state index contributed by atoms with van der Waals surface area (Å²) in [5, 5.41) is -0.0733. The number of hydrogen-bond acceptors (Lipinski definition) is 4. The number of rotatable bonds is 6. The first-order valence-corrected chi connectivity index (χ1v) is 11.6. The smallest absolute Gasteiger partial charge is 0.272 e. The van der Waals surface area contributed by atoms with Crippen molar-refractivity contribution in [3.05, 3.63) is 76.8 Å². The molecule has 10 heteroatoms. The number of nitrogens with zero attached hydrogens (tertiary/aromatic N) is 1. The van der Waals surface area contributed by atoms with Crippen molar-refractivity contribution in [2.24, 2.45) is 7.05 Å². The van der Waals surface area contributed by atoms with Crippen LogP contribution in [0.1, 0.15) is 13.8 Å². The van der Waals surface area contributed by atoms with Gasteiger partial charge in [0.05, 0.1) is 5.25 Å². The molecule has 0 saturated heterocycles. The molecule has 2 heterocycles. The maximum Gasteiger partial charge on any atom is 0.272 e. The Bertz CT molecular complexity index is 1520. The molecule has 33 heavy (non-hydrogen) atoms. The average molecular weight is 474 g/mol. The van der Waals surface area contributed by atoms with E-state index >= 15 is 0 Å². The van der Waals surface area contributed by atoms with Gasteiger partial charge < -0.3 is 14.3 Å². The first kappa shape index (κ1) is 22.5. The molecular formula is C23H21F2N3O4S. The van der Waals surface area contributed by atoms with Crippen molar-refractivity contribution in [1.29, 1.82) is 0 Å². The molecule has 0 aliphatic heterocycles. The maximum absolute atomic E-state index is 14.3. The lowest BCUT2D eigenvalue weighted by atomic mass is 10.0. The summed E-state index contributed by atoms with van der Waals surface area (Å²) in [6.07, 6.45) is 3.20. The fourth-order valence-corrected chi connectivity index (χ4v) is 4.12. The van der Waals surface area contributed by atoms with Gasteiger partial charge in [0.25, 0.3) is 5.56 Å². The standard InChI is InChI=1S/C23H21F2N3O4S/c1-13(2)33(30,31)27-15-5-7-20(32-21-6-4-14(24)10-19(21)25)17(11-15)18-12-28(3)22-16(18)8-9-26-23(22)29/h4-13,27H,1-3H3,(H,26,29). The molecule has 0 saturated carbocycles. The highest BCUT2D eigenvalue weighted by atomic mass is 32.2. The SMILES string of the molecule is CC(C)S(=O)(=O)Nc1ccc(Oc2ccc(F)cc2F)c(-c2cn(C)c3c(=O)[nH]ccc23)c1. The van der Waals surface area contributed by atoms with Crippen LogP contribution in [-0.4, -0.2) is 23.2 Å². The molecular weight excluding hydrogens is 452 g/mol. The fourth-order valence-electron chi connectivity index (χ4n) is 3.43. The Kier molecular flexibility index (Phi) is 5.71. The predicted molar refractivity (Wildman–Crippen MR) is 123 cm³/mol. The van der Waals surface area contributed by atoms with Crippen molar-refractivity contribution >= 4 is 26.6 Å². The summed E-state index contributed by atoms with van der Waals surface area (Å²) in [7, 11) is -1.93. The van der Waals surface area contributed by atoms with Crippen molar-refractivity contribution in [3.63, 3.8) is 0 Å². The number of fused-ring (bicyclic) bond motifs is 1. The van der Waals surface area contributed by atoms with Gasteiger partial charge in [-0.25, -0.2) is 17.2 Å². The lowest BCUT2D eigenvalue weighted by Gasteiger charge is -2.15. The molecule has 0 unspecified atom stereocenters. The van der Waals surface area contributed by atoms with E-state index in [1.165, 1.54) is 18.3 Å². The Morgan fingerprint density at radius 3 is 2.45 bits per heavy atom. The largest absolute Gasteiger partial charge is 0.454 e. The summed E-state index contributed by atoms with van der Waals surface area (Å²) in [6, 6.07) is 9.17. The van der Waals surface area contributed by atoms with Gasteiger partial charge in [-0.2, -0.15) is 0 Å². The summed E-state index contributed by atoms with van der Waals surface area (Å²) in [4.78, 5) is 15.0. The molecule has 0 radical (unpaired) electrons. The zero-order valence-corrected chi connectivity index (χ0v) is 18.8. The lowest BCUT2D eigenvalue weighted by Crippen LogP contribution is -2.22. The normalized spacial score (nSPS) is 11.8. The monoisotopic (exact) mass is 473 g/mol. The maximum atomic E-state index is 14.3. The van der Waals surface area contributed by atoms with Gasteiger partial charge >= 0.3 is 0 Å². The van der Waals surface area contributed by atoms with E-state index in [2.05, 4.69) is 9.71 Å². The average Bonchev–Trinajstić information content (AvgIpc) is 3.08. The van der Waals surface area contributed by atoms with E-state index in [1.807, 2.05) is 0 Å². The number of pyridine rings is 1. The van der Waals surface area contributed by atoms with Crippen LogP contribution < -0.4 is 15.0 Å². The van der Waals surface area contributed by atoms with Gasteiger partial charge in [0, 0.05) is 47.7 Å². The number of H-pyrrole nitrogens is 1. The number of halogens is 2. The van der Waals surface area contributed by atoms with Crippen molar-refractivity contribution in [2.75, 3.05) is 4.72 Å². The lowest BCUT2D eigenvalue weighted by molar-refractivity contribution is 0.439. The highest BCUT2D eigenvalue weighted by Gasteiger charge is 2.20. The number of aryl methyl sites for hydroxylation is 1. The van der Waals surface area contributed by atoms with Crippen LogP contribution in [0.4, 0.5) is 14.5 Å². The van der Waals surface area contributed by atoms with Gasteiger partial charge in [0.1, 0.15) is 17.1 Å². The number of aromatic amines is 1. The molecule has 0 spiro atoms. The zero-order chi connectivity index (χ0) is 23.9. The Morgan fingerprint density at radius 2 is 1.76 bits per heavy atom. The first-order valence-electron chi connectivity index (χ1n) is 10.0. The van der Waals surface area contributed by atoms with Crippen LogP contribution in [0.15, 0.2) is 59.7 Å². The molecule has 0 atom stereocenters. The Balaban J connectivity index is 1.91. The van der Waals surface area contributed by atoms with E-state index < -0.39 is 26.9 Å². The van der Waals surface area contributed by atoms with Crippen LogP contribution >= 0.6 is 0 Å². The van der Waals surface area contributed by atoms with Gasteiger partial charge in [-0.1, -0.05) is 0 Å². The van der Waals surface area contributed by atoms with Crippen LogP contribution in [0.3, 0.4) is 0 Å². The number of sulfonamides is 1. The number of nitrogens with one attached hydrogen (secondary N) is 2. The summed E-state index contributed by atoms with van der Waals surface area (Å²) >= 11 is 0. The van der Waals surface area contributed by atoms with Crippen LogP contribution in [0.5, 0.6) is 11.5 Å². The molecule has 4 aromatic rings. The Hall–Kier alpha value is -3.66. The Labute approximate surface area is 188 Å². The number of ether oxygens (including phenoxy) is 1. The predicted octanol–water partition coefficient (Wildman–Crippen LogP) is 4.75. The van der Waals surface area contributed by atoms with Crippen molar-refractivity contribution in [1.82, 2.24) is 9.55 Å². The molecule has 2 aromatic carbocycles. The summed E-state index contributed by atoms with van der Waals surface area (Å²) < 4.78 is 62.3. The fraction of sp³-hybridized carbons (Fsp3) is 0.174. The third-order valence-electron chi connectivity index (χ3n) is 5.16. The third-order valence-corrected chi connectivity index (χ3v) is 6.93. The van der Waals surface area contributed by atoms with Gasteiger partial charge in [-0.05, 0) is 50.2 Å². The van der Waals surface area contributed by atoms with Crippen LogP contribution in [0.25, 0.3) is 22.0 Å². The van der Waals surface area contributed by atoms with Crippen molar-refractivity contribution in [3.8, 4) is 22.6 Å². The van der Waals surface area contributed by atoms with Gasteiger partial charge in [0.15, 0.2) is 11.6 Å². The van der Waals surface area contributed by atoms with E-state index in [1.54, 1.807) is 43.8 Å². The minimum atomic E-state index is -3.63. The quantitative estimate of drug-likeness (QED) is 0.423. The third kappa shape index (κ3) is 4.34. The Morgan fingerprint density at radius 1 is 1.03 bits per heavy atom.